The lowest BCUT2D eigenvalue weighted by Crippen LogP contribution is -2.42. The third kappa shape index (κ3) is 6.00. The number of amides is 2. The van der Waals surface area contributed by atoms with Crippen LogP contribution >= 0.6 is 0 Å². The van der Waals surface area contributed by atoms with E-state index in [1.54, 1.807) is 28.0 Å². The van der Waals surface area contributed by atoms with E-state index in [0.29, 0.717) is 36.7 Å². The summed E-state index contributed by atoms with van der Waals surface area (Å²) in [5, 5.41) is 0. The van der Waals surface area contributed by atoms with E-state index in [0.717, 1.165) is 17.7 Å². The molecule has 2 aromatic carbocycles. The number of furan rings is 1. The molecule has 6 nitrogen and oxygen atoms in total. The average Bonchev–Trinajstić information content (AvgIpc) is 3.23. The van der Waals surface area contributed by atoms with Crippen molar-refractivity contribution >= 4 is 11.8 Å². The zero-order chi connectivity index (χ0) is 22.9. The highest BCUT2D eigenvalue weighted by Crippen LogP contribution is 2.20. The summed E-state index contributed by atoms with van der Waals surface area (Å²) < 4.78 is 11.1. The number of carbonyl (C=O) groups is 2. The van der Waals surface area contributed by atoms with Crippen molar-refractivity contribution in [2.24, 2.45) is 0 Å². The van der Waals surface area contributed by atoms with Crippen LogP contribution in [-0.4, -0.2) is 41.8 Å². The number of nitrogens with zero attached hydrogens (tertiary/aromatic N) is 2. The van der Waals surface area contributed by atoms with Crippen LogP contribution in [0.1, 0.15) is 40.8 Å². The number of hydrogen-bond donors (Lipinski definition) is 0. The summed E-state index contributed by atoms with van der Waals surface area (Å²) >= 11 is 0. The van der Waals surface area contributed by atoms with E-state index in [4.69, 9.17) is 9.15 Å². The number of rotatable bonds is 10. The van der Waals surface area contributed by atoms with Crippen LogP contribution in [0.2, 0.25) is 0 Å². The number of hydrogen-bond acceptors (Lipinski definition) is 4. The number of ether oxygens (including phenoxy) is 1. The first kappa shape index (κ1) is 23.1. The van der Waals surface area contributed by atoms with Gasteiger partial charge in [-0.1, -0.05) is 49.4 Å². The molecule has 2 amide bonds. The lowest BCUT2D eigenvalue weighted by molar-refractivity contribution is -0.133. The van der Waals surface area contributed by atoms with Crippen LogP contribution in [0.15, 0.2) is 71.1 Å². The van der Waals surface area contributed by atoms with Crippen molar-refractivity contribution in [3.8, 4) is 5.75 Å². The Morgan fingerprint density at radius 3 is 2.28 bits per heavy atom. The van der Waals surface area contributed by atoms with Crippen molar-refractivity contribution in [2.75, 3.05) is 20.2 Å². The van der Waals surface area contributed by atoms with Gasteiger partial charge >= 0.3 is 0 Å². The first-order valence-corrected chi connectivity index (χ1v) is 10.8. The van der Waals surface area contributed by atoms with E-state index in [1.807, 2.05) is 62.4 Å². The Balaban J connectivity index is 1.81. The van der Waals surface area contributed by atoms with Gasteiger partial charge in [-0.05, 0) is 43.2 Å². The molecular weight excluding hydrogens is 404 g/mol. The SMILES string of the molecule is CCCN(CC(=O)N(Cc1ccccc1)Cc1ccc(C)o1)C(=O)c1ccccc1OC. The van der Waals surface area contributed by atoms with E-state index in [2.05, 4.69) is 0 Å². The van der Waals surface area contributed by atoms with Gasteiger partial charge in [0, 0.05) is 13.1 Å². The van der Waals surface area contributed by atoms with Gasteiger partial charge in [0.1, 0.15) is 23.8 Å². The maximum absolute atomic E-state index is 13.4. The Bertz CT molecular complexity index is 1030. The molecule has 0 saturated carbocycles. The molecule has 32 heavy (non-hydrogen) atoms. The van der Waals surface area contributed by atoms with Gasteiger partial charge in [0.25, 0.3) is 5.91 Å². The van der Waals surface area contributed by atoms with Crippen molar-refractivity contribution in [1.29, 1.82) is 0 Å². The Hall–Kier alpha value is -3.54. The summed E-state index contributed by atoms with van der Waals surface area (Å²) in [6.45, 7) is 5.09. The fourth-order valence-electron chi connectivity index (χ4n) is 3.57. The third-order valence-corrected chi connectivity index (χ3v) is 5.16. The number of para-hydroxylation sites is 1. The topological polar surface area (TPSA) is 63.0 Å². The first-order valence-electron chi connectivity index (χ1n) is 10.8. The molecule has 0 atom stereocenters. The van der Waals surface area contributed by atoms with E-state index >= 15 is 0 Å². The van der Waals surface area contributed by atoms with Crippen molar-refractivity contribution < 1.29 is 18.7 Å². The summed E-state index contributed by atoms with van der Waals surface area (Å²) in [6.07, 6.45) is 0.740. The Kier molecular flexibility index (Phi) is 8.08. The maximum atomic E-state index is 13.4. The molecule has 1 heterocycles. The molecule has 0 aliphatic heterocycles. The molecule has 1 aromatic heterocycles. The highest BCUT2D eigenvalue weighted by molar-refractivity contribution is 5.98. The molecule has 3 aromatic rings. The van der Waals surface area contributed by atoms with Crippen LogP contribution in [0.25, 0.3) is 0 Å². The summed E-state index contributed by atoms with van der Waals surface area (Å²) in [4.78, 5) is 30.0. The molecule has 0 bridgehead atoms. The monoisotopic (exact) mass is 434 g/mol. The summed E-state index contributed by atoms with van der Waals surface area (Å²) in [6, 6.07) is 20.7. The maximum Gasteiger partial charge on any atom is 0.258 e. The van der Waals surface area contributed by atoms with Crippen molar-refractivity contribution in [1.82, 2.24) is 9.80 Å². The van der Waals surface area contributed by atoms with Crippen molar-refractivity contribution in [3.05, 3.63) is 89.4 Å². The van der Waals surface area contributed by atoms with Crippen LogP contribution in [0.3, 0.4) is 0 Å². The minimum atomic E-state index is -0.217. The summed E-state index contributed by atoms with van der Waals surface area (Å²) in [5.74, 6) is 1.65. The number of carbonyl (C=O) groups excluding carboxylic acids is 2. The first-order chi connectivity index (χ1) is 15.5. The number of aryl methyl sites for hydroxylation is 1. The second-order valence-electron chi connectivity index (χ2n) is 7.67. The fourth-order valence-corrected chi connectivity index (χ4v) is 3.57. The minimum Gasteiger partial charge on any atom is -0.496 e. The van der Waals surface area contributed by atoms with Gasteiger partial charge < -0.3 is 19.0 Å². The molecule has 0 aliphatic rings. The molecule has 0 saturated heterocycles. The van der Waals surface area contributed by atoms with Gasteiger partial charge in [0.05, 0.1) is 19.2 Å². The molecular formula is C26H30N2O4. The zero-order valence-corrected chi connectivity index (χ0v) is 18.9. The molecule has 168 valence electrons. The zero-order valence-electron chi connectivity index (χ0n) is 18.9. The van der Waals surface area contributed by atoms with Gasteiger partial charge in [-0.3, -0.25) is 9.59 Å². The van der Waals surface area contributed by atoms with Crippen molar-refractivity contribution in [2.45, 2.75) is 33.4 Å². The highest BCUT2D eigenvalue weighted by Gasteiger charge is 2.24. The average molecular weight is 435 g/mol. The van der Waals surface area contributed by atoms with Gasteiger partial charge in [-0.15, -0.1) is 0 Å². The van der Waals surface area contributed by atoms with Gasteiger partial charge in [0.15, 0.2) is 0 Å². The largest absolute Gasteiger partial charge is 0.496 e. The van der Waals surface area contributed by atoms with Gasteiger partial charge in [-0.2, -0.15) is 0 Å². The lowest BCUT2D eigenvalue weighted by atomic mass is 10.1. The molecule has 0 unspecified atom stereocenters. The lowest BCUT2D eigenvalue weighted by Gasteiger charge is -2.27. The molecule has 0 aliphatic carbocycles. The van der Waals surface area contributed by atoms with E-state index in [9.17, 15) is 9.59 Å². The molecule has 0 fully saturated rings. The van der Waals surface area contributed by atoms with Crippen LogP contribution in [-0.2, 0) is 17.9 Å². The Morgan fingerprint density at radius 2 is 1.62 bits per heavy atom. The van der Waals surface area contributed by atoms with Crippen molar-refractivity contribution in [3.63, 3.8) is 0 Å². The summed E-state index contributed by atoms with van der Waals surface area (Å²) in [7, 11) is 1.54. The predicted octanol–water partition coefficient (Wildman–Crippen LogP) is 4.68. The standard InChI is InChI=1S/C26H30N2O4/c1-4-16-27(26(30)23-12-8-9-13-24(23)31-3)19-25(29)28(17-21-10-6-5-7-11-21)18-22-15-14-20(2)32-22/h5-15H,4,16-19H2,1-3H3. The van der Waals surface area contributed by atoms with E-state index in [1.165, 1.54) is 7.11 Å². The van der Waals surface area contributed by atoms with Crippen LogP contribution in [0.5, 0.6) is 5.75 Å². The highest BCUT2D eigenvalue weighted by atomic mass is 16.5. The smallest absolute Gasteiger partial charge is 0.258 e. The molecule has 3 rings (SSSR count). The molecule has 0 radical (unpaired) electrons. The van der Waals surface area contributed by atoms with Gasteiger partial charge in [0.2, 0.25) is 5.91 Å². The molecule has 0 spiro atoms. The van der Waals surface area contributed by atoms with Gasteiger partial charge in [-0.25, -0.2) is 0 Å². The van der Waals surface area contributed by atoms with Crippen LogP contribution in [0, 0.1) is 6.92 Å². The Labute approximate surface area is 189 Å². The third-order valence-electron chi connectivity index (χ3n) is 5.16. The molecule has 6 heteroatoms. The number of methoxy groups -OCH3 is 1. The second kappa shape index (κ2) is 11.2. The minimum absolute atomic E-state index is 0.0166. The fraction of sp³-hybridized carbons (Fsp3) is 0.308. The molecule has 0 N–H and O–H groups in total. The van der Waals surface area contributed by atoms with E-state index < -0.39 is 0 Å². The van der Waals surface area contributed by atoms with E-state index in [-0.39, 0.29) is 18.4 Å². The normalized spacial score (nSPS) is 10.6. The summed E-state index contributed by atoms with van der Waals surface area (Å²) in [5.41, 5.74) is 1.47. The Morgan fingerprint density at radius 1 is 0.906 bits per heavy atom. The second-order valence-corrected chi connectivity index (χ2v) is 7.67. The predicted molar refractivity (Wildman–Crippen MR) is 123 cm³/mol. The number of benzene rings is 2. The quantitative estimate of drug-likeness (QED) is 0.465. The van der Waals surface area contributed by atoms with Crippen LogP contribution < -0.4 is 4.74 Å². The van der Waals surface area contributed by atoms with Crippen LogP contribution in [0.4, 0.5) is 0 Å².